The van der Waals surface area contributed by atoms with E-state index in [9.17, 15) is 24.3 Å². The molecule has 40 heavy (non-hydrogen) atoms. The van der Waals surface area contributed by atoms with Gasteiger partial charge in [0.05, 0.1) is 12.4 Å². The standard InChI is InChI=1S/C27H36N8O5/c1-4-19(22(36)26(38)29-11-8-12-34-16-32-21-23(28)30-15-31-24(21)34)33-25(37)20(13-17(2)3)35(27(39)40)14-18-9-6-5-7-10-18/h5-7,9-10,15-17,19-20H,4,8,11-14H2,1-3H3,(H,29,38)(H,33,37)(H,39,40)(H2,28,30,31)/t19?,20-/m0/s1. The van der Waals surface area contributed by atoms with E-state index in [0.29, 0.717) is 24.1 Å². The molecule has 0 aliphatic heterocycles. The number of benzene rings is 1. The minimum absolute atomic E-state index is 0.00275. The number of aryl methyl sites for hydroxylation is 1. The van der Waals surface area contributed by atoms with Gasteiger partial charge in [-0.1, -0.05) is 51.1 Å². The molecule has 0 saturated heterocycles. The van der Waals surface area contributed by atoms with E-state index >= 15 is 0 Å². The molecule has 3 rings (SSSR count). The number of nitrogens with two attached hydrogens (primary N) is 1. The van der Waals surface area contributed by atoms with Crippen LogP contribution in [0.15, 0.2) is 43.0 Å². The number of amides is 3. The van der Waals surface area contributed by atoms with Crippen molar-refractivity contribution in [3.05, 3.63) is 48.5 Å². The first-order valence-corrected chi connectivity index (χ1v) is 13.2. The number of nitrogen functional groups attached to an aromatic ring is 1. The zero-order valence-corrected chi connectivity index (χ0v) is 22.9. The fourth-order valence-corrected chi connectivity index (χ4v) is 4.29. The van der Waals surface area contributed by atoms with Gasteiger partial charge >= 0.3 is 6.09 Å². The summed E-state index contributed by atoms with van der Waals surface area (Å²) >= 11 is 0. The van der Waals surface area contributed by atoms with E-state index in [1.807, 2.05) is 19.9 Å². The lowest BCUT2D eigenvalue weighted by atomic mass is 10.00. The lowest BCUT2D eigenvalue weighted by Crippen LogP contribution is -2.55. The van der Waals surface area contributed by atoms with Crippen molar-refractivity contribution in [1.82, 2.24) is 35.1 Å². The largest absolute Gasteiger partial charge is 0.465 e. The number of carbonyl (C=O) groups excluding carboxylic acids is 3. The molecule has 2 atom stereocenters. The maximum Gasteiger partial charge on any atom is 0.408 e. The smallest absolute Gasteiger partial charge is 0.408 e. The highest BCUT2D eigenvalue weighted by molar-refractivity contribution is 6.38. The van der Waals surface area contributed by atoms with Gasteiger partial charge in [0.25, 0.3) is 5.91 Å². The minimum atomic E-state index is -1.25. The Hall–Kier alpha value is -4.55. The Morgan fingerprint density at radius 3 is 2.48 bits per heavy atom. The Bertz CT molecular complexity index is 1330. The van der Waals surface area contributed by atoms with Gasteiger partial charge in [-0.05, 0) is 30.7 Å². The number of hydrogen-bond acceptors (Lipinski definition) is 8. The maximum absolute atomic E-state index is 13.3. The molecule has 0 radical (unpaired) electrons. The van der Waals surface area contributed by atoms with Gasteiger partial charge in [0.2, 0.25) is 11.7 Å². The van der Waals surface area contributed by atoms with Crippen LogP contribution in [0.25, 0.3) is 11.2 Å². The molecule has 3 aromatic rings. The molecule has 0 bridgehead atoms. The third-order valence-electron chi connectivity index (χ3n) is 6.37. The second-order valence-electron chi connectivity index (χ2n) is 9.85. The Balaban J connectivity index is 1.59. The number of rotatable bonds is 14. The SMILES string of the molecule is CCC(NC(=O)[C@H](CC(C)C)N(Cc1ccccc1)C(=O)O)C(=O)C(=O)NCCCn1cnc2c(N)ncnc21. The van der Waals surface area contributed by atoms with E-state index in [1.54, 1.807) is 42.1 Å². The van der Waals surface area contributed by atoms with Crippen LogP contribution in [0.5, 0.6) is 0 Å². The van der Waals surface area contributed by atoms with Crippen LogP contribution < -0.4 is 16.4 Å². The van der Waals surface area contributed by atoms with E-state index in [-0.39, 0.29) is 37.7 Å². The van der Waals surface area contributed by atoms with Crippen molar-refractivity contribution in [2.45, 2.75) is 65.2 Å². The number of nitrogens with one attached hydrogen (secondary N) is 2. The van der Waals surface area contributed by atoms with Gasteiger partial charge < -0.3 is 26.0 Å². The van der Waals surface area contributed by atoms with Crippen molar-refractivity contribution >= 4 is 40.7 Å². The van der Waals surface area contributed by atoms with Gasteiger partial charge in [0.15, 0.2) is 11.5 Å². The third kappa shape index (κ3) is 7.74. The molecule has 0 aliphatic rings. The molecule has 2 heterocycles. The predicted molar refractivity (Wildman–Crippen MR) is 148 cm³/mol. The number of fused-ring (bicyclic) bond motifs is 1. The van der Waals surface area contributed by atoms with Crippen LogP contribution >= 0.6 is 0 Å². The van der Waals surface area contributed by atoms with Crippen LogP contribution in [0, 0.1) is 5.92 Å². The number of imidazole rings is 1. The van der Waals surface area contributed by atoms with Crippen LogP contribution in [0.3, 0.4) is 0 Å². The van der Waals surface area contributed by atoms with Crippen LogP contribution in [0.1, 0.15) is 45.6 Å². The molecule has 13 heteroatoms. The van der Waals surface area contributed by atoms with Gasteiger partial charge in [-0.2, -0.15) is 0 Å². The van der Waals surface area contributed by atoms with Crippen LogP contribution in [0.2, 0.25) is 0 Å². The summed E-state index contributed by atoms with van der Waals surface area (Å²) in [4.78, 5) is 64.3. The van der Waals surface area contributed by atoms with Gasteiger partial charge in [-0.3, -0.25) is 19.3 Å². The Morgan fingerprint density at radius 1 is 1.10 bits per heavy atom. The van der Waals surface area contributed by atoms with E-state index in [1.165, 1.54) is 6.33 Å². The summed E-state index contributed by atoms with van der Waals surface area (Å²) < 4.78 is 1.77. The molecule has 13 nitrogen and oxygen atoms in total. The van der Waals surface area contributed by atoms with Gasteiger partial charge in [-0.15, -0.1) is 0 Å². The van der Waals surface area contributed by atoms with Gasteiger partial charge in [0, 0.05) is 19.6 Å². The fourth-order valence-electron chi connectivity index (χ4n) is 4.29. The number of Topliss-reactive ketones (excluding diaryl/α,β-unsaturated/α-hetero) is 1. The molecular weight excluding hydrogens is 516 g/mol. The maximum atomic E-state index is 13.3. The van der Waals surface area contributed by atoms with E-state index in [4.69, 9.17) is 5.73 Å². The first-order valence-electron chi connectivity index (χ1n) is 13.2. The van der Waals surface area contributed by atoms with E-state index in [2.05, 4.69) is 25.6 Å². The lowest BCUT2D eigenvalue weighted by molar-refractivity contribution is -0.140. The zero-order chi connectivity index (χ0) is 29.2. The van der Waals surface area contributed by atoms with Crippen LogP contribution in [-0.4, -0.2) is 71.8 Å². The van der Waals surface area contributed by atoms with Crippen LogP contribution in [-0.2, 0) is 27.5 Å². The number of carbonyl (C=O) groups is 4. The number of aromatic nitrogens is 4. The average molecular weight is 553 g/mol. The van der Waals surface area contributed by atoms with Crippen molar-refractivity contribution in [2.24, 2.45) is 5.92 Å². The molecule has 0 spiro atoms. The Morgan fingerprint density at radius 2 is 1.82 bits per heavy atom. The minimum Gasteiger partial charge on any atom is -0.465 e. The molecule has 0 saturated carbocycles. The lowest BCUT2D eigenvalue weighted by Gasteiger charge is -2.31. The van der Waals surface area contributed by atoms with Gasteiger partial charge in [0.1, 0.15) is 17.9 Å². The Kier molecular flexibility index (Phi) is 10.5. The molecule has 5 N–H and O–H groups in total. The van der Waals surface area contributed by atoms with E-state index < -0.39 is 35.8 Å². The molecule has 214 valence electrons. The first-order chi connectivity index (χ1) is 19.1. The number of anilines is 1. The molecule has 3 amide bonds. The second-order valence-corrected chi connectivity index (χ2v) is 9.85. The third-order valence-corrected chi connectivity index (χ3v) is 6.37. The zero-order valence-electron chi connectivity index (χ0n) is 22.9. The van der Waals surface area contributed by atoms with Crippen LogP contribution in [0.4, 0.5) is 10.6 Å². The monoisotopic (exact) mass is 552 g/mol. The number of ketones is 1. The summed E-state index contributed by atoms with van der Waals surface area (Å²) in [6.45, 7) is 6.12. The molecule has 1 aromatic carbocycles. The summed E-state index contributed by atoms with van der Waals surface area (Å²) in [5.74, 6) is -1.96. The highest BCUT2D eigenvalue weighted by atomic mass is 16.4. The summed E-state index contributed by atoms with van der Waals surface area (Å²) in [5, 5.41) is 15.1. The van der Waals surface area contributed by atoms with Crippen molar-refractivity contribution in [2.75, 3.05) is 12.3 Å². The normalized spacial score (nSPS) is 12.6. The van der Waals surface area contributed by atoms with Crippen molar-refractivity contribution in [3.63, 3.8) is 0 Å². The second kappa shape index (κ2) is 14.0. The fraction of sp³-hybridized carbons (Fsp3) is 0.444. The topological polar surface area (TPSA) is 185 Å². The van der Waals surface area contributed by atoms with Gasteiger partial charge in [-0.25, -0.2) is 19.7 Å². The molecule has 0 aliphatic carbocycles. The summed E-state index contributed by atoms with van der Waals surface area (Å²) in [6.07, 6.45) is 2.58. The highest BCUT2D eigenvalue weighted by Gasteiger charge is 2.34. The van der Waals surface area contributed by atoms with Crippen molar-refractivity contribution in [1.29, 1.82) is 0 Å². The van der Waals surface area contributed by atoms with Crippen molar-refractivity contribution < 1.29 is 24.3 Å². The number of carboxylic acid groups (broad SMARTS) is 1. The average Bonchev–Trinajstić information content (AvgIpc) is 3.35. The van der Waals surface area contributed by atoms with E-state index in [0.717, 1.165) is 10.5 Å². The number of nitrogens with zero attached hydrogens (tertiary/aromatic N) is 5. The Labute approximate surface area is 232 Å². The molecule has 1 unspecified atom stereocenters. The van der Waals surface area contributed by atoms with Crippen molar-refractivity contribution in [3.8, 4) is 0 Å². The predicted octanol–water partition coefficient (Wildman–Crippen LogP) is 1.97. The molecular formula is C27H36N8O5. The summed E-state index contributed by atoms with van der Waals surface area (Å²) in [5.41, 5.74) is 7.59. The number of hydrogen-bond donors (Lipinski definition) is 4. The molecule has 0 fully saturated rings. The molecule has 2 aromatic heterocycles. The first kappa shape index (κ1) is 30.0. The summed E-state index contributed by atoms with van der Waals surface area (Å²) in [7, 11) is 0. The summed E-state index contributed by atoms with van der Waals surface area (Å²) in [6, 6.07) is 6.83. The quantitative estimate of drug-likeness (QED) is 0.171. The highest BCUT2D eigenvalue weighted by Crippen LogP contribution is 2.17.